The van der Waals surface area contributed by atoms with Crippen LogP contribution in [0, 0.1) is 10.1 Å². The van der Waals surface area contributed by atoms with E-state index >= 15 is 0 Å². The number of nitrogens with one attached hydrogen (secondary N) is 1. The van der Waals surface area contributed by atoms with Crippen LogP contribution in [0.15, 0.2) is 64.1 Å². The number of furan rings is 1. The molecule has 0 amide bonds. The molecule has 3 aromatic rings. The highest BCUT2D eigenvalue weighted by molar-refractivity contribution is 6.33. The van der Waals surface area contributed by atoms with Gasteiger partial charge >= 0.3 is 6.18 Å². The highest BCUT2D eigenvalue weighted by atomic mass is 35.5. The third-order valence-electron chi connectivity index (χ3n) is 3.66. The molecule has 0 unspecified atom stereocenters. The van der Waals surface area contributed by atoms with Gasteiger partial charge in [0, 0.05) is 11.6 Å². The highest BCUT2D eigenvalue weighted by Gasteiger charge is 2.33. The highest BCUT2D eigenvalue weighted by Crippen LogP contribution is 2.35. The molecule has 0 fully saturated rings. The number of hydrogen-bond acceptors (Lipinski definition) is 5. The number of hydrazone groups is 1. The summed E-state index contributed by atoms with van der Waals surface area (Å²) < 4.78 is 43.7. The van der Waals surface area contributed by atoms with Crippen molar-refractivity contribution >= 4 is 29.2 Å². The lowest BCUT2D eigenvalue weighted by atomic mass is 10.1. The van der Waals surface area contributed by atoms with Gasteiger partial charge in [-0.05, 0) is 36.4 Å². The Balaban J connectivity index is 1.78. The number of rotatable bonds is 5. The molecule has 0 atom stereocenters. The van der Waals surface area contributed by atoms with Crippen LogP contribution in [0.3, 0.4) is 0 Å². The van der Waals surface area contributed by atoms with Gasteiger partial charge in [0.25, 0.3) is 5.69 Å². The van der Waals surface area contributed by atoms with Crippen molar-refractivity contribution in [2.45, 2.75) is 6.18 Å². The van der Waals surface area contributed by atoms with Gasteiger partial charge in [0.15, 0.2) is 0 Å². The molecule has 0 bridgehead atoms. The molecule has 144 valence electrons. The van der Waals surface area contributed by atoms with Crippen molar-refractivity contribution in [3.05, 3.63) is 81.1 Å². The summed E-state index contributed by atoms with van der Waals surface area (Å²) >= 11 is 6.09. The standard InChI is InChI=1S/C18H11ClF3N3O3/c19-14-4-2-1-3-13(14)17-8-6-12(28-17)10-23-24-15-7-5-11(18(20,21)22)9-16(15)25(26)27/h1-10,24H. The van der Waals surface area contributed by atoms with Gasteiger partial charge < -0.3 is 4.42 Å². The van der Waals surface area contributed by atoms with E-state index in [1.807, 2.05) is 0 Å². The maximum atomic E-state index is 12.7. The minimum atomic E-state index is -4.68. The van der Waals surface area contributed by atoms with Gasteiger partial charge in [-0.2, -0.15) is 18.3 Å². The molecule has 3 rings (SSSR count). The van der Waals surface area contributed by atoms with E-state index in [2.05, 4.69) is 10.5 Å². The Morgan fingerprint density at radius 3 is 2.57 bits per heavy atom. The monoisotopic (exact) mass is 409 g/mol. The zero-order valence-corrected chi connectivity index (χ0v) is 14.7. The normalized spacial score (nSPS) is 11.7. The fourth-order valence-corrected chi connectivity index (χ4v) is 2.58. The van der Waals surface area contributed by atoms with Crippen LogP contribution in [0.5, 0.6) is 0 Å². The number of halogens is 4. The van der Waals surface area contributed by atoms with Crippen LogP contribution in [-0.4, -0.2) is 11.1 Å². The molecule has 0 saturated carbocycles. The fourth-order valence-electron chi connectivity index (χ4n) is 2.35. The lowest BCUT2D eigenvalue weighted by Crippen LogP contribution is -2.06. The molecule has 0 aliphatic rings. The maximum absolute atomic E-state index is 12.7. The Morgan fingerprint density at radius 2 is 1.89 bits per heavy atom. The quantitative estimate of drug-likeness (QED) is 0.319. The predicted octanol–water partition coefficient (Wildman–Crippen LogP) is 5.97. The average molecular weight is 410 g/mol. The fraction of sp³-hybridized carbons (Fsp3) is 0.0556. The molecule has 0 aliphatic carbocycles. The molecule has 1 N–H and O–H groups in total. The van der Waals surface area contributed by atoms with Gasteiger partial charge in [-0.1, -0.05) is 23.7 Å². The largest absolute Gasteiger partial charge is 0.455 e. The Kier molecular flexibility index (Phi) is 5.36. The third-order valence-corrected chi connectivity index (χ3v) is 3.99. The molecule has 0 radical (unpaired) electrons. The van der Waals surface area contributed by atoms with Crippen molar-refractivity contribution in [3.63, 3.8) is 0 Å². The maximum Gasteiger partial charge on any atom is 0.416 e. The van der Waals surface area contributed by atoms with Gasteiger partial charge in [0.1, 0.15) is 17.2 Å². The van der Waals surface area contributed by atoms with Crippen molar-refractivity contribution in [1.29, 1.82) is 0 Å². The second-order valence-electron chi connectivity index (χ2n) is 5.54. The number of alkyl halides is 3. The zero-order chi connectivity index (χ0) is 20.3. The molecule has 1 aromatic heterocycles. The first-order valence-electron chi connectivity index (χ1n) is 7.75. The molecule has 6 nitrogen and oxygen atoms in total. The van der Waals surface area contributed by atoms with Crippen LogP contribution >= 0.6 is 11.6 Å². The van der Waals surface area contributed by atoms with Crippen molar-refractivity contribution < 1.29 is 22.5 Å². The molecule has 28 heavy (non-hydrogen) atoms. The van der Waals surface area contributed by atoms with Crippen LogP contribution in [0.25, 0.3) is 11.3 Å². The van der Waals surface area contributed by atoms with E-state index in [1.165, 1.54) is 6.21 Å². The molecule has 2 aromatic carbocycles. The number of nitro groups is 1. The lowest BCUT2D eigenvalue weighted by Gasteiger charge is -2.08. The molecular weight excluding hydrogens is 399 g/mol. The van der Waals surface area contributed by atoms with E-state index in [4.69, 9.17) is 16.0 Å². The second-order valence-corrected chi connectivity index (χ2v) is 5.95. The van der Waals surface area contributed by atoms with E-state index in [0.717, 1.165) is 12.1 Å². The molecule has 0 saturated heterocycles. The average Bonchev–Trinajstić information content (AvgIpc) is 3.10. The minimum absolute atomic E-state index is 0.188. The Bertz CT molecular complexity index is 1050. The van der Waals surface area contributed by atoms with E-state index in [9.17, 15) is 23.3 Å². The molecule has 1 heterocycles. The van der Waals surface area contributed by atoms with Gasteiger partial charge in [-0.25, -0.2) is 0 Å². The summed E-state index contributed by atoms with van der Waals surface area (Å²) in [7, 11) is 0. The Labute approximate surface area is 161 Å². The Morgan fingerprint density at radius 1 is 1.14 bits per heavy atom. The van der Waals surface area contributed by atoms with Gasteiger partial charge in [0.2, 0.25) is 0 Å². The lowest BCUT2D eigenvalue weighted by molar-refractivity contribution is -0.384. The van der Waals surface area contributed by atoms with Gasteiger partial charge in [-0.3, -0.25) is 15.5 Å². The SMILES string of the molecule is O=[N+]([O-])c1cc(C(F)(F)F)ccc1NN=Cc1ccc(-c2ccccc2Cl)o1. The van der Waals surface area contributed by atoms with E-state index in [1.54, 1.807) is 36.4 Å². The number of nitrogens with zero attached hydrogens (tertiary/aromatic N) is 2. The summed E-state index contributed by atoms with van der Waals surface area (Å²) in [5, 5.41) is 15.3. The minimum Gasteiger partial charge on any atom is -0.455 e. The predicted molar refractivity (Wildman–Crippen MR) is 98.5 cm³/mol. The molecular formula is C18H11ClF3N3O3. The number of anilines is 1. The first-order valence-corrected chi connectivity index (χ1v) is 8.13. The van der Waals surface area contributed by atoms with Crippen LogP contribution < -0.4 is 5.43 Å². The first-order chi connectivity index (χ1) is 13.3. The van der Waals surface area contributed by atoms with Crippen molar-refractivity contribution in [3.8, 4) is 11.3 Å². The van der Waals surface area contributed by atoms with Crippen LogP contribution in [0.4, 0.5) is 24.5 Å². The molecule has 0 spiro atoms. The number of hydrogen-bond donors (Lipinski definition) is 1. The summed E-state index contributed by atoms with van der Waals surface area (Å²) in [5.41, 5.74) is 0.977. The molecule has 0 aliphatic heterocycles. The first kappa shape index (κ1) is 19.4. The summed E-state index contributed by atoms with van der Waals surface area (Å²) in [5.74, 6) is 0.810. The van der Waals surface area contributed by atoms with E-state index in [0.29, 0.717) is 28.2 Å². The van der Waals surface area contributed by atoms with Crippen LogP contribution in [0.1, 0.15) is 11.3 Å². The zero-order valence-electron chi connectivity index (χ0n) is 13.9. The van der Waals surface area contributed by atoms with Crippen molar-refractivity contribution in [2.75, 3.05) is 5.43 Å². The van der Waals surface area contributed by atoms with E-state index < -0.39 is 22.4 Å². The summed E-state index contributed by atoms with van der Waals surface area (Å²) in [6.07, 6.45) is -3.45. The number of nitro benzene ring substituents is 1. The second kappa shape index (κ2) is 7.73. The summed E-state index contributed by atoms with van der Waals surface area (Å²) in [6.45, 7) is 0. The third kappa shape index (κ3) is 4.32. The van der Waals surface area contributed by atoms with Gasteiger partial charge in [-0.15, -0.1) is 0 Å². The Hall–Kier alpha value is -3.33. The topological polar surface area (TPSA) is 80.7 Å². The number of benzene rings is 2. The van der Waals surface area contributed by atoms with Crippen molar-refractivity contribution in [2.24, 2.45) is 5.10 Å². The molecule has 10 heteroatoms. The summed E-state index contributed by atoms with van der Waals surface area (Å²) in [6, 6.07) is 12.4. The van der Waals surface area contributed by atoms with Crippen LogP contribution in [0.2, 0.25) is 5.02 Å². The van der Waals surface area contributed by atoms with E-state index in [-0.39, 0.29) is 5.69 Å². The van der Waals surface area contributed by atoms with Crippen molar-refractivity contribution in [1.82, 2.24) is 0 Å². The summed E-state index contributed by atoms with van der Waals surface area (Å²) in [4.78, 5) is 10.1. The smallest absolute Gasteiger partial charge is 0.416 e. The van der Waals surface area contributed by atoms with Gasteiger partial charge in [0.05, 0.1) is 21.7 Å². The van der Waals surface area contributed by atoms with Crippen LogP contribution in [-0.2, 0) is 6.18 Å².